The van der Waals surface area contributed by atoms with E-state index in [4.69, 9.17) is 27.8 Å². The van der Waals surface area contributed by atoms with Crippen LogP contribution >= 0.6 is 23.2 Å². The van der Waals surface area contributed by atoms with Crippen LogP contribution in [0.25, 0.3) is 0 Å². The van der Waals surface area contributed by atoms with Gasteiger partial charge in [-0.1, -0.05) is 29.3 Å². The van der Waals surface area contributed by atoms with Gasteiger partial charge in [-0.3, -0.25) is 19.6 Å². The minimum atomic E-state index is -3.67. The third-order valence-electron chi connectivity index (χ3n) is 4.46. The zero-order valence-corrected chi connectivity index (χ0v) is 18.6. The molecule has 0 aromatic heterocycles. The Balaban J connectivity index is 0.000000575. The second-order valence-corrected chi connectivity index (χ2v) is 9.23. The number of hydrazine groups is 1. The maximum absolute atomic E-state index is 12.5. The molecule has 2 atom stereocenters. The van der Waals surface area contributed by atoms with Crippen molar-refractivity contribution in [2.75, 3.05) is 25.9 Å². The van der Waals surface area contributed by atoms with Crippen molar-refractivity contribution in [1.29, 1.82) is 0 Å². The van der Waals surface area contributed by atoms with Gasteiger partial charge in [0.2, 0.25) is 5.91 Å². The lowest BCUT2D eigenvalue weighted by atomic mass is 10.0. The van der Waals surface area contributed by atoms with Crippen molar-refractivity contribution in [3.63, 3.8) is 0 Å². The van der Waals surface area contributed by atoms with E-state index in [2.05, 4.69) is 26.8 Å². The summed E-state index contributed by atoms with van der Waals surface area (Å²) < 4.78 is 25.9. The number of amides is 2. The first kappa shape index (κ1) is 24.8. The summed E-state index contributed by atoms with van der Waals surface area (Å²) in [5, 5.41) is 9.70. The number of piperidine rings is 1. The quantitative estimate of drug-likeness (QED) is 0.327. The van der Waals surface area contributed by atoms with Crippen molar-refractivity contribution >= 4 is 45.1 Å². The number of hydrogen-bond donors (Lipinski definition) is 6. The van der Waals surface area contributed by atoms with Gasteiger partial charge in [-0.15, -0.1) is 0 Å². The molecule has 2 saturated heterocycles. The molecule has 1 aromatic carbocycles. The summed E-state index contributed by atoms with van der Waals surface area (Å²) in [6.07, 6.45) is 2.52. The van der Waals surface area contributed by atoms with Gasteiger partial charge in [-0.25, -0.2) is 5.43 Å². The zero-order chi connectivity index (χ0) is 22.3. The van der Waals surface area contributed by atoms with Crippen LogP contribution in [-0.4, -0.2) is 68.8 Å². The Hall–Kier alpha value is -1.47. The molecular weight excluding hydrogens is 457 g/mol. The van der Waals surface area contributed by atoms with Crippen molar-refractivity contribution in [1.82, 2.24) is 26.8 Å². The average Bonchev–Trinajstić information content (AvgIpc) is 3.09. The first-order chi connectivity index (χ1) is 14.1. The minimum Gasteiger partial charge on any atom is -0.352 e. The Morgan fingerprint density at radius 2 is 1.70 bits per heavy atom. The third kappa shape index (κ3) is 7.99. The van der Waals surface area contributed by atoms with Gasteiger partial charge >= 0.3 is 0 Å². The normalized spacial score (nSPS) is 22.0. The highest BCUT2D eigenvalue weighted by Crippen LogP contribution is 2.24. The molecule has 2 amide bonds. The average molecular weight is 482 g/mol. The lowest BCUT2D eigenvalue weighted by molar-refractivity contribution is -0.124. The number of halogens is 2. The maximum atomic E-state index is 12.5. The van der Waals surface area contributed by atoms with Crippen LogP contribution in [0, 0.1) is 0 Å². The molecule has 1 aromatic rings. The van der Waals surface area contributed by atoms with Crippen LogP contribution in [-0.2, 0) is 14.9 Å². The molecule has 0 saturated carbocycles. The summed E-state index contributed by atoms with van der Waals surface area (Å²) in [6, 6.07) is 4.09. The highest BCUT2D eigenvalue weighted by molar-refractivity contribution is 7.85. The second kappa shape index (κ2) is 11.2. The number of carbonyl (C=O) groups excluding carboxylic acids is 2. The first-order valence-corrected chi connectivity index (χ1v) is 11.8. The van der Waals surface area contributed by atoms with Crippen LogP contribution in [0.3, 0.4) is 0 Å². The van der Waals surface area contributed by atoms with Crippen LogP contribution in [0.4, 0.5) is 0 Å². The van der Waals surface area contributed by atoms with Gasteiger partial charge in [0.1, 0.15) is 6.04 Å². The van der Waals surface area contributed by atoms with E-state index >= 15 is 0 Å². The molecule has 0 radical (unpaired) electrons. The van der Waals surface area contributed by atoms with E-state index in [1.807, 2.05) is 0 Å². The largest absolute Gasteiger partial charge is 0.352 e. The fourth-order valence-corrected chi connectivity index (χ4v) is 3.66. The maximum Gasteiger partial charge on any atom is 0.261 e. The van der Waals surface area contributed by atoms with E-state index in [0.29, 0.717) is 12.8 Å². The molecular formula is C17H25Cl2N5O5S. The Morgan fingerprint density at radius 1 is 1.13 bits per heavy atom. The number of carbonyl (C=O) groups is 2. The first-order valence-electron chi connectivity index (χ1n) is 9.23. The van der Waals surface area contributed by atoms with Gasteiger partial charge in [0.25, 0.3) is 16.0 Å². The van der Waals surface area contributed by atoms with Crippen LogP contribution in [0.5, 0.6) is 0 Å². The molecule has 2 heterocycles. The Morgan fingerprint density at radius 3 is 2.27 bits per heavy atom. The summed E-state index contributed by atoms with van der Waals surface area (Å²) in [5.41, 5.74) is 6.06. The molecule has 6 N–H and O–H groups in total. The van der Waals surface area contributed by atoms with E-state index in [1.54, 1.807) is 18.2 Å². The van der Waals surface area contributed by atoms with Crippen molar-refractivity contribution in [2.45, 2.75) is 31.0 Å². The fourth-order valence-electron chi connectivity index (χ4n) is 3.09. The lowest BCUT2D eigenvalue weighted by Gasteiger charge is -2.26. The van der Waals surface area contributed by atoms with Gasteiger partial charge in [0.05, 0.1) is 27.9 Å². The summed E-state index contributed by atoms with van der Waals surface area (Å²) in [6.45, 7) is 2.22. The SMILES string of the molecule is CS(=O)(=O)O.O=C(NC1CNNC1C(=O)NC1CCNCC1)c1c(Cl)cccc1Cl. The third-order valence-corrected chi connectivity index (χ3v) is 5.09. The van der Waals surface area contributed by atoms with Crippen LogP contribution in [0.15, 0.2) is 18.2 Å². The summed E-state index contributed by atoms with van der Waals surface area (Å²) in [5.74, 6) is -0.529. The highest BCUT2D eigenvalue weighted by Gasteiger charge is 2.35. The molecule has 3 rings (SSSR count). The molecule has 10 nitrogen and oxygen atoms in total. The molecule has 0 aliphatic carbocycles. The van der Waals surface area contributed by atoms with Gasteiger partial charge in [-0.05, 0) is 38.1 Å². The Kier molecular flexibility index (Phi) is 9.29. The monoisotopic (exact) mass is 481 g/mol. The lowest BCUT2D eigenvalue weighted by Crippen LogP contribution is -2.55. The standard InChI is InChI=1S/C16H21Cl2N5O2.CH4O3S/c17-10-2-1-3-11(18)13(10)15(24)22-12-8-20-23-14(12)16(25)21-9-4-6-19-7-5-9;1-5(2,3)4/h1-3,9,12,14,19-20,23H,4-8H2,(H,21,25)(H,22,24);1H3,(H,2,3,4). The van der Waals surface area contributed by atoms with Crippen molar-refractivity contribution in [3.8, 4) is 0 Å². The second-order valence-electron chi connectivity index (χ2n) is 6.95. The topological polar surface area (TPSA) is 149 Å². The van der Waals surface area contributed by atoms with E-state index in [9.17, 15) is 18.0 Å². The van der Waals surface area contributed by atoms with Crippen molar-refractivity contribution in [2.24, 2.45) is 0 Å². The molecule has 13 heteroatoms. The van der Waals surface area contributed by atoms with Gasteiger partial charge < -0.3 is 16.0 Å². The summed E-state index contributed by atoms with van der Waals surface area (Å²) in [4.78, 5) is 25.1. The smallest absolute Gasteiger partial charge is 0.261 e. The molecule has 0 spiro atoms. The van der Waals surface area contributed by atoms with Crippen LogP contribution < -0.4 is 26.8 Å². The summed E-state index contributed by atoms with van der Waals surface area (Å²) in [7, 11) is -3.67. The fraction of sp³-hybridized carbons (Fsp3) is 0.529. The van der Waals surface area contributed by atoms with E-state index in [1.165, 1.54) is 0 Å². The molecule has 0 bridgehead atoms. The van der Waals surface area contributed by atoms with Gasteiger partial charge in [-0.2, -0.15) is 8.42 Å². The van der Waals surface area contributed by atoms with E-state index in [-0.39, 0.29) is 27.6 Å². The van der Waals surface area contributed by atoms with E-state index < -0.39 is 28.1 Å². The number of rotatable bonds is 4. The molecule has 168 valence electrons. The minimum absolute atomic E-state index is 0.132. The molecule has 2 unspecified atom stereocenters. The van der Waals surface area contributed by atoms with Crippen LogP contribution in [0.2, 0.25) is 10.0 Å². The number of hydrogen-bond acceptors (Lipinski definition) is 7. The van der Waals surface area contributed by atoms with E-state index in [0.717, 1.165) is 25.9 Å². The Bertz CT molecular complexity index is 836. The van der Waals surface area contributed by atoms with Crippen LogP contribution in [0.1, 0.15) is 23.2 Å². The summed E-state index contributed by atoms with van der Waals surface area (Å²) >= 11 is 12.2. The zero-order valence-electron chi connectivity index (χ0n) is 16.2. The number of nitrogens with one attached hydrogen (secondary N) is 5. The molecule has 2 aliphatic heterocycles. The van der Waals surface area contributed by atoms with Crippen molar-refractivity contribution < 1.29 is 22.6 Å². The van der Waals surface area contributed by atoms with Gasteiger partial charge in [0.15, 0.2) is 0 Å². The highest BCUT2D eigenvalue weighted by atomic mass is 35.5. The number of benzene rings is 1. The van der Waals surface area contributed by atoms with Gasteiger partial charge in [0, 0.05) is 12.6 Å². The van der Waals surface area contributed by atoms with Crippen molar-refractivity contribution in [3.05, 3.63) is 33.8 Å². The molecule has 2 aliphatic rings. The Labute approximate surface area is 185 Å². The predicted octanol–water partition coefficient (Wildman–Crippen LogP) is -0.0596. The molecule has 30 heavy (non-hydrogen) atoms. The molecule has 2 fully saturated rings. The predicted molar refractivity (Wildman–Crippen MR) is 114 cm³/mol.